The first-order valence-corrected chi connectivity index (χ1v) is 8.97. The summed E-state index contributed by atoms with van der Waals surface area (Å²) in [5.74, 6) is -2.27. The minimum atomic E-state index is -1.25. The molecule has 1 atom stereocenters. The fourth-order valence-electron chi connectivity index (χ4n) is 2.56. The first-order chi connectivity index (χ1) is 13.9. The fraction of sp³-hybridized carbons (Fsp3) is 0.238. The summed E-state index contributed by atoms with van der Waals surface area (Å²) >= 11 is 0. The number of rotatable bonds is 5. The van der Waals surface area contributed by atoms with Gasteiger partial charge in [-0.2, -0.15) is 0 Å². The van der Waals surface area contributed by atoms with E-state index in [1.54, 1.807) is 18.2 Å². The Morgan fingerprint density at radius 3 is 2.52 bits per heavy atom. The molecule has 6 nitrogen and oxygen atoms in total. The zero-order valence-electron chi connectivity index (χ0n) is 15.6. The van der Waals surface area contributed by atoms with Crippen molar-refractivity contribution >= 4 is 23.6 Å². The molecule has 1 aliphatic rings. The molecule has 0 radical (unpaired) electrons. The normalized spacial score (nSPS) is 14.2. The average Bonchev–Trinajstić information content (AvgIpc) is 2.94. The second-order valence-electron chi connectivity index (χ2n) is 6.26. The smallest absolute Gasteiger partial charge is 0.331 e. The number of hydrogen-bond donors (Lipinski definition) is 1. The number of carbonyl (C=O) groups excluding carboxylic acids is 2. The van der Waals surface area contributed by atoms with E-state index < -0.39 is 35.3 Å². The van der Waals surface area contributed by atoms with Crippen molar-refractivity contribution in [2.24, 2.45) is 0 Å². The summed E-state index contributed by atoms with van der Waals surface area (Å²) in [6, 6.07) is 8.40. The molecular formula is C21H19F2NO5. The van der Waals surface area contributed by atoms with Crippen LogP contribution in [0, 0.1) is 11.6 Å². The number of benzene rings is 2. The van der Waals surface area contributed by atoms with Crippen molar-refractivity contribution in [3.8, 4) is 11.5 Å². The van der Waals surface area contributed by atoms with E-state index in [0.717, 1.165) is 24.6 Å². The van der Waals surface area contributed by atoms with Crippen LogP contribution in [0.4, 0.5) is 14.5 Å². The molecule has 1 amide bonds. The number of halogens is 2. The number of para-hydroxylation sites is 1. The largest absolute Gasteiger partial charge is 0.490 e. The number of anilines is 1. The van der Waals surface area contributed by atoms with Crippen LogP contribution in [0.15, 0.2) is 42.5 Å². The molecule has 0 saturated carbocycles. The lowest BCUT2D eigenvalue weighted by Gasteiger charge is -2.13. The van der Waals surface area contributed by atoms with Crippen molar-refractivity contribution in [3.63, 3.8) is 0 Å². The molecule has 29 heavy (non-hydrogen) atoms. The first kappa shape index (κ1) is 20.3. The minimum Gasteiger partial charge on any atom is -0.490 e. The van der Waals surface area contributed by atoms with E-state index in [1.165, 1.54) is 19.1 Å². The molecule has 0 fully saturated rings. The van der Waals surface area contributed by atoms with Gasteiger partial charge in [0.05, 0.1) is 13.2 Å². The molecule has 0 unspecified atom stereocenters. The van der Waals surface area contributed by atoms with Crippen LogP contribution in [0.2, 0.25) is 0 Å². The van der Waals surface area contributed by atoms with Gasteiger partial charge in [-0.1, -0.05) is 12.1 Å². The molecule has 1 N–H and O–H groups in total. The summed E-state index contributed by atoms with van der Waals surface area (Å²) in [6.45, 7) is 2.41. The van der Waals surface area contributed by atoms with E-state index in [2.05, 4.69) is 5.32 Å². The van der Waals surface area contributed by atoms with Crippen LogP contribution in [0.5, 0.6) is 11.5 Å². The number of nitrogens with one attached hydrogen (secondary N) is 1. The van der Waals surface area contributed by atoms with Gasteiger partial charge in [0.25, 0.3) is 5.91 Å². The summed E-state index contributed by atoms with van der Waals surface area (Å²) < 4.78 is 43.3. The van der Waals surface area contributed by atoms with E-state index in [-0.39, 0.29) is 0 Å². The zero-order valence-corrected chi connectivity index (χ0v) is 15.6. The maximum absolute atomic E-state index is 13.6. The molecular weight excluding hydrogens is 384 g/mol. The van der Waals surface area contributed by atoms with Gasteiger partial charge in [0, 0.05) is 12.5 Å². The molecule has 0 spiro atoms. The quantitative estimate of drug-likeness (QED) is 0.609. The van der Waals surface area contributed by atoms with Crippen LogP contribution < -0.4 is 14.8 Å². The van der Waals surface area contributed by atoms with Crippen molar-refractivity contribution < 1.29 is 32.6 Å². The molecule has 2 aromatic rings. The van der Waals surface area contributed by atoms with Gasteiger partial charge < -0.3 is 19.5 Å². The van der Waals surface area contributed by atoms with Crippen molar-refractivity contribution in [1.29, 1.82) is 0 Å². The van der Waals surface area contributed by atoms with E-state index in [1.807, 2.05) is 0 Å². The maximum Gasteiger partial charge on any atom is 0.331 e. The molecule has 2 aromatic carbocycles. The van der Waals surface area contributed by atoms with Gasteiger partial charge >= 0.3 is 5.97 Å². The van der Waals surface area contributed by atoms with Crippen LogP contribution in [0.3, 0.4) is 0 Å². The molecule has 8 heteroatoms. The van der Waals surface area contributed by atoms with Crippen LogP contribution in [0.1, 0.15) is 18.9 Å². The predicted octanol–water partition coefficient (Wildman–Crippen LogP) is 3.71. The third-order valence-electron chi connectivity index (χ3n) is 4.06. The van der Waals surface area contributed by atoms with Gasteiger partial charge in [-0.05, 0) is 42.8 Å². The molecule has 1 heterocycles. The summed E-state index contributed by atoms with van der Waals surface area (Å²) in [7, 11) is 0. The van der Waals surface area contributed by atoms with Crippen molar-refractivity contribution in [3.05, 3.63) is 59.7 Å². The summed E-state index contributed by atoms with van der Waals surface area (Å²) in [6.07, 6.45) is 2.17. The van der Waals surface area contributed by atoms with Gasteiger partial charge in [0.1, 0.15) is 17.3 Å². The SMILES string of the molecule is C[C@H](OC(=O)/C=C/c1ccc2c(c1)OCCCO2)C(=O)Nc1c(F)cccc1F. The zero-order chi connectivity index (χ0) is 20.8. The Hall–Kier alpha value is -3.42. The van der Waals surface area contributed by atoms with E-state index in [0.29, 0.717) is 30.3 Å². The lowest BCUT2D eigenvalue weighted by atomic mass is 10.2. The average molecular weight is 403 g/mol. The van der Waals surface area contributed by atoms with Crippen LogP contribution in [-0.2, 0) is 14.3 Å². The molecule has 152 valence electrons. The summed E-state index contributed by atoms with van der Waals surface area (Å²) in [5, 5.41) is 2.08. The van der Waals surface area contributed by atoms with E-state index >= 15 is 0 Å². The Labute approximate surface area is 166 Å². The molecule has 0 bridgehead atoms. The Morgan fingerprint density at radius 1 is 1.10 bits per heavy atom. The molecule has 0 aliphatic carbocycles. The van der Waals surface area contributed by atoms with Gasteiger partial charge in [-0.25, -0.2) is 13.6 Å². The second-order valence-corrected chi connectivity index (χ2v) is 6.26. The Morgan fingerprint density at radius 2 is 1.79 bits per heavy atom. The highest BCUT2D eigenvalue weighted by molar-refractivity contribution is 5.96. The van der Waals surface area contributed by atoms with Gasteiger partial charge in [-0.3, -0.25) is 4.79 Å². The fourth-order valence-corrected chi connectivity index (χ4v) is 2.56. The standard InChI is InChI=1S/C21H19F2NO5/c1-13(21(26)24-20-15(22)4-2-5-16(20)23)29-19(25)9-7-14-6-8-17-18(12-14)28-11-3-10-27-17/h2,4-9,12-13H,3,10-11H2,1H3,(H,24,26)/b9-7+/t13-/m0/s1. The number of carbonyl (C=O) groups is 2. The lowest BCUT2D eigenvalue weighted by Crippen LogP contribution is -2.30. The number of esters is 1. The van der Waals surface area contributed by atoms with Crippen molar-refractivity contribution in [2.75, 3.05) is 18.5 Å². The topological polar surface area (TPSA) is 73.9 Å². The Balaban J connectivity index is 1.58. The number of ether oxygens (including phenoxy) is 3. The van der Waals surface area contributed by atoms with Crippen LogP contribution >= 0.6 is 0 Å². The van der Waals surface area contributed by atoms with Crippen molar-refractivity contribution in [2.45, 2.75) is 19.4 Å². The van der Waals surface area contributed by atoms with Gasteiger partial charge in [0.2, 0.25) is 0 Å². The number of amides is 1. The monoisotopic (exact) mass is 403 g/mol. The van der Waals surface area contributed by atoms with Gasteiger partial charge in [-0.15, -0.1) is 0 Å². The second kappa shape index (κ2) is 9.18. The molecule has 0 saturated heterocycles. The Kier molecular flexibility index (Phi) is 6.43. The first-order valence-electron chi connectivity index (χ1n) is 8.97. The highest BCUT2D eigenvalue weighted by atomic mass is 19.1. The third-order valence-corrected chi connectivity index (χ3v) is 4.06. The summed E-state index contributed by atoms with van der Waals surface area (Å²) in [5.41, 5.74) is 0.0832. The molecule has 0 aromatic heterocycles. The van der Waals surface area contributed by atoms with Gasteiger partial charge in [0.15, 0.2) is 17.6 Å². The molecule has 1 aliphatic heterocycles. The number of hydrogen-bond acceptors (Lipinski definition) is 5. The third kappa shape index (κ3) is 5.31. The highest BCUT2D eigenvalue weighted by Crippen LogP contribution is 2.30. The van der Waals surface area contributed by atoms with Crippen molar-refractivity contribution in [1.82, 2.24) is 0 Å². The highest BCUT2D eigenvalue weighted by Gasteiger charge is 2.20. The lowest BCUT2D eigenvalue weighted by molar-refractivity contribution is -0.148. The van der Waals surface area contributed by atoms with E-state index in [9.17, 15) is 18.4 Å². The summed E-state index contributed by atoms with van der Waals surface area (Å²) in [4.78, 5) is 24.0. The van der Waals surface area contributed by atoms with Crippen LogP contribution in [-0.4, -0.2) is 31.2 Å². The Bertz CT molecular complexity index is 924. The number of fused-ring (bicyclic) bond motifs is 1. The molecule has 3 rings (SSSR count). The van der Waals surface area contributed by atoms with E-state index in [4.69, 9.17) is 14.2 Å². The maximum atomic E-state index is 13.6. The van der Waals surface area contributed by atoms with Crippen LogP contribution in [0.25, 0.3) is 6.08 Å². The minimum absolute atomic E-state index is 0.539. The predicted molar refractivity (Wildman–Crippen MR) is 102 cm³/mol.